The van der Waals surface area contributed by atoms with E-state index in [4.69, 9.17) is 0 Å². The van der Waals surface area contributed by atoms with Crippen LogP contribution in [0.1, 0.15) is 40.7 Å². The average molecular weight is 298 g/mol. The van der Waals surface area contributed by atoms with Crippen LogP contribution in [0.25, 0.3) is 0 Å². The van der Waals surface area contributed by atoms with Gasteiger partial charge in [-0.2, -0.15) is 0 Å². The highest BCUT2D eigenvalue weighted by atomic mass is 16.1. The third-order valence-corrected chi connectivity index (χ3v) is 3.19. The summed E-state index contributed by atoms with van der Waals surface area (Å²) in [7, 11) is 0. The van der Waals surface area contributed by atoms with Crippen LogP contribution >= 0.6 is 0 Å². The quantitative estimate of drug-likeness (QED) is 0.860. The van der Waals surface area contributed by atoms with E-state index in [0.29, 0.717) is 24.7 Å². The molecule has 1 amide bonds. The maximum Gasteiger partial charge on any atom is 0.270 e. The summed E-state index contributed by atoms with van der Waals surface area (Å²) < 4.78 is 0. The number of amides is 1. The first-order valence-corrected chi connectivity index (χ1v) is 7.52. The molecule has 0 atom stereocenters. The van der Waals surface area contributed by atoms with Gasteiger partial charge in [0.05, 0.1) is 0 Å². The van der Waals surface area contributed by atoms with E-state index in [2.05, 4.69) is 51.8 Å². The van der Waals surface area contributed by atoms with E-state index in [1.165, 1.54) is 5.56 Å². The largest absolute Gasteiger partial charge is 0.351 e. The third-order valence-electron chi connectivity index (χ3n) is 3.19. The molecule has 0 saturated heterocycles. The Kier molecular flexibility index (Phi) is 5.47. The fraction of sp³-hybridized carbons (Fsp3) is 0.353. The molecule has 2 aromatic rings. The van der Waals surface area contributed by atoms with Gasteiger partial charge in [-0.25, -0.2) is 9.97 Å². The molecule has 0 unspecified atom stereocenters. The van der Waals surface area contributed by atoms with E-state index < -0.39 is 0 Å². The lowest BCUT2D eigenvalue weighted by Gasteiger charge is -2.09. The van der Waals surface area contributed by atoms with Crippen LogP contribution in [0.15, 0.2) is 30.3 Å². The maximum atomic E-state index is 12.0. The zero-order valence-corrected chi connectivity index (χ0v) is 13.3. The predicted molar refractivity (Wildman–Crippen MR) is 87.9 cm³/mol. The molecule has 0 bridgehead atoms. The number of rotatable bonds is 6. The lowest BCUT2D eigenvalue weighted by molar-refractivity contribution is 0.0948. The van der Waals surface area contributed by atoms with Crippen molar-refractivity contribution in [3.8, 4) is 0 Å². The Morgan fingerprint density at radius 1 is 1.14 bits per heavy atom. The molecule has 2 N–H and O–H groups in total. The fourth-order valence-electron chi connectivity index (χ4n) is 1.98. The zero-order chi connectivity index (χ0) is 15.9. The molecule has 0 spiro atoms. The van der Waals surface area contributed by atoms with E-state index in [0.717, 1.165) is 17.7 Å². The average Bonchev–Trinajstić information content (AvgIpc) is 2.51. The van der Waals surface area contributed by atoms with E-state index in [1.54, 1.807) is 6.07 Å². The Hall–Kier alpha value is -2.43. The molecule has 5 nitrogen and oxygen atoms in total. The third kappa shape index (κ3) is 4.55. The van der Waals surface area contributed by atoms with Crippen molar-refractivity contribution in [2.24, 2.45) is 0 Å². The van der Waals surface area contributed by atoms with Gasteiger partial charge in [0.1, 0.15) is 5.69 Å². The van der Waals surface area contributed by atoms with Crippen LogP contribution < -0.4 is 10.6 Å². The summed E-state index contributed by atoms with van der Waals surface area (Å²) in [6.45, 7) is 7.20. The molecule has 5 heteroatoms. The molecule has 0 aliphatic carbocycles. The number of hydrogen-bond acceptors (Lipinski definition) is 4. The van der Waals surface area contributed by atoms with Crippen LogP contribution in [0.5, 0.6) is 0 Å². The van der Waals surface area contributed by atoms with Crippen LogP contribution in [0.4, 0.5) is 5.95 Å². The highest BCUT2D eigenvalue weighted by Crippen LogP contribution is 2.08. The summed E-state index contributed by atoms with van der Waals surface area (Å²) in [6, 6.07) is 9.96. The number of carbonyl (C=O) groups excluding carboxylic acids is 1. The van der Waals surface area contributed by atoms with E-state index >= 15 is 0 Å². The van der Waals surface area contributed by atoms with Crippen LogP contribution in [0, 0.1) is 13.8 Å². The molecule has 0 radical (unpaired) electrons. The van der Waals surface area contributed by atoms with Gasteiger partial charge in [0, 0.05) is 18.8 Å². The van der Waals surface area contributed by atoms with Crippen LogP contribution in [-0.2, 0) is 6.54 Å². The SMILES string of the molecule is CCCNC(=O)c1cc(C)nc(NCc2ccc(C)cc2)n1. The van der Waals surface area contributed by atoms with Gasteiger partial charge >= 0.3 is 0 Å². The number of anilines is 1. The first kappa shape index (κ1) is 15.9. The minimum atomic E-state index is -0.161. The maximum absolute atomic E-state index is 12.0. The number of nitrogens with one attached hydrogen (secondary N) is 2. The molecule has 2 rings (SSSR count). The van der Waals surface area contributed by atoms with Crippen molar-refractivity contribution in [3.63, 3.8) is 0 Å². The Morgan fingerprint density at radius 3 is 2.55 bits per heavy atom. The second kappa shape index (κ2) is 7.54. The van der Waals surface area contributed by atoms with Crippen molar-refractivity contribution in [1.82, 2.24) is 15.3 Å². The van der Waals surface area contributed by atoms with Crippen molar-refractivity contribution in [2.45, 2.75) is 33.7 Å². The van der Waals surface area contributed by atoms with E-state index in [-0.39, 0.29) is 5.91 Å². The Labute approximate surface area is 131 Å². The van der Waals surface area contributed by atoms with Crippen molar-refractivity contribution < 1.29 is 4.79 Å². The van der Waals surface area contributed by atoms with Crippen molar-refractivity contribution in [1.29, 1.82) is 0 Å². The van der Waals surface area contributed by atoms with Gasteiger partial charge in [0.15, 0.2) is 0 Å². The van der Waals surface area contributed by atoms with Crippen LogP contribution in [0.2, 0.25) is 0 Å². The standard InChI is InChI=1S/C17H22N4O/c1-4-9-18-16(22)15-10-13(3)20-17(21-15)19-11-14-7-5-12(2)6-8-14/h5-8,10H,4,9,11H2,1-3H3,(H,18,22)(H,19,20,21). The number of carbonyl (C=O) groups is 1. The summed E-state index contributed by atoms with van der Waals surface area (Å²) in [5, 5.41) is 6.00. The van der Waals surface area contributed by atoms with Crippen LogP contribution in [0.3, 0.4) is 0 Å². The molecule has 22 heavy (non-hydrogen) atoms. The van der Waals surface area contributed by atoms with Gasteiger partial charge in [-0.3, -0.25) is 4.79 Å². The Morgan fingerprint density at radius 2 is 1.86 bits per heavy atom. The minimum absolute atomic E-state index is 0.161. The van der Waals surface area contributed by atoms with Gasteiger partial charge in [-0.15, -0.1) is 0 Å². The van der Waals surface area contributed by atoms with Crippen LogP contribution in [-0.4, -0.2) is 22.4 Å². The van der Waals surface area contributed by atoms with Crippen molar-refractivity contribution >= 4 is 11.9 Å². The molecule has 0 aliphatic rings. The van der Waals surface area contributed by atoms with Gasteiger partial charge in [0.25, 0.3) is 5.91 Å². The summed E-state index contributed by atoms with van der Waals surface area (Å²) in [6.07, 6.45) is 0.897. The number of nitrogens with zero attached hydrogens (tertiary/aromatic N) is 2. The lowest BCUT2D eigenvalue weighted by atomic mass is 10.1. The number of benzene rings is 1. The summed E-state index contributed by atoms with van der Waals surface area (Å²) in [5.41, 5.74) is 3.54. The van der Waals surface area contributed by atoms with E-state index in [9.17, 15) is 4.79 Å². The van der Waals surface area contributed by atoms with Gasteiger partial charge < -0.3 is 10.6 Å². The molecule has 1 aromatic heterocycles. The molecular weight excluding hydrogens is 276 g/mol. The number of aryl methyl sites for hydroxylation is 2. The van der Waals surface area contributed by atoms with Crippen molar-refractivity contribution in [2.75, 3.05) is 11.9 Å². The predicted octanol–water partition coefficient (Wildman–Crippen LogP) is 2.85. The highest BCUT2D eigenvalue weighted by molar-refractivity contribution is 5.92. The minimum Gasteiger partial charge on any atom is -0.351 e. The first-order chi connectivity index (χ1) is 10.6. The lowest BCUT2D eigenvalue weighted by Crippen LogP contribution is -2.25. The Balaban J connectivity index is 2.06. The molecule has 1 heterocycles. The fourth-order valence-corrected chi connectivity index (χ4v) is 1.98. The van der Waals surface area contributed by atoms with Gasteiger partial charge in [-0.1, -0.05) is 36.8 Å². The van der Waals surface area contributed by atoms with Crippen molar-refractivity contribution in [3.05, 3.63) is 52.8 Å². The summed E-state index contributed by atoms with van der Waals surface area (Å²) in [5.74, 6) is 0.313. The molecule has 0 fully saturated rings. The smallest absolute Gasteiger partial charge is 0.270 e. The molecule has 116 valence electrons. The molecule has 0 aliphatic heterocycles. The molecule has 1 aromatic carbocycles. The molecule has 0 saturated carbocycles. The second-order valence-electron chi connectivity index (χ2n) is 5.31. The van der Waals surface area contributed by atoms with Gasteiger partial charge in [0.2, 0.25) is 5.95 Å². The Bertz CT molecular complexity index is 638. The summed E-state index contributed by atoms with van der Waals surface area (Å²) in [4.78, 5) is 20.6. The zero-order valence-electron chi connectivity index (χ0n) is 13.3. The van der Waals surface area contributed by atoms with E-state index in [1.807, 2.05) is 13.8 Å². The first-order valence-electron chi connectivity index (χ1n) is 7.52. The molecular formula is C17H22N4O. The number of aromatic nitrogens is 2. The topological polar surface area (TPSA) is 66.9 Å². The summed E-state index contributed by atoms with van der Waals surface area (Å²) >= 11 is 0. The van der Waals surface area contributed by atoms with Gasteiger partial charge in [-0.05, 0) is 31.9 Å². The normalized spacial score (nSPS) is 10.3. The number of hydrogen-bond donors (Lipinski definition) is 2. The second-order valence-corrected chi connectivity index (χ2v) is 5.31. The highest BCUT2D eigenvalue weighted by Gasteiger charge is 2.09. The monoisotopic (exact) mass is 298 g/mol.